The van der Waals surface area contributed by atoms with Crippen molar-refractivity contribution in [2.45, 2.75) is 58.5 Å². The van der Waals surface area contributed by atoms with Gasteiger partial charge in [-0.3, -0.25) is 14.9 Å². The number of hydrogen-bond donors (Lipinski definition) is 2. The minimum Gasteiger partial charge on any atom is -0.456 e. The van der Waals surface area contributed by atoms with Gasteiger partial charge in [0.05, 0.1) is 12.0 Å². The summed E-state index contributed by atoms with van der Waals surface area (Å²) in [5.41, 5.74) is 1.37. The molecule has 34 heavy (non-hydrogen) atoms. The molecule has 0 atom stereocenters. The number of carbonyl (C=O) groups excluding carboxylic acids is 3. The molecule has 0 saturated heterocycles. The van der Waals surface area contributed by atoms with E-state index in [2.05, 4.69) is 22.5 Å². The molecule has 7 nitrogen and oxygen atoms in total. The molecule has 0 aliphatic carbocycles. The number of carbonyl (C=O) groups is 3. The van der Waals surface area contributed by atoms with Crippen molar-refractivity contribution in [3.05, 3.63) is 59.2 Å². The SMILES string of the molecule is CC(C)(C)OC(=O)NCCCCCC#Cc1cccc(Oc2cccc3c2C(=O)NC(=O)C3)c1. The van der Waals surface area contributed by atoms with Gasteiger partial charge in [-0.2, -0.15) is 0 Å². The Kier molecular flexibility index (Phi) is 8.31. The van der Waals surface area contributed by atoms with Crippen LogP contribution >= 0.6 is 0 Å². The molecular formula is C27H30N2O5. The van der Waals surface area contributed by atoms with Gasteiger partial charge < -0.3 is 14.8 Å². The summed E-state index contributed by atoms with van der Waals surface area (Å²) in [4.78, 5) is 35.5. The number of alkyl carbamates (subject to hydrolysis) is 1. The number of rotatable bonds is 7. The minimum absolute atomic E-state index is 0.154. The zero-order valence-electron chi connectivity index (χ0n) is 19.8. The zero-order chi connectivity index (χ0) is 24.6. The van der Waals surface area contributed by atoms with Gasteiger partial charge in [0.1, 0.15) is 17.1 Å². The van der Waals surface area contributed by atoms with E-state index in [0.29, 0.717) is 29.2 Å². The van der Waals surface area contributed by atoms with Crippen LogP contribution in [-0.2, 0) is 16.0 Å². The number of imide groups is 1. The summed E-state index contributed by atoms with van der Waals surface area (Å²) >= 11 is 0. The van der Waals surface area contributed by atoms with Crippen molar-refractivity contribution in [1.29, 1.82) is 0 Å². The number of hydrogen-bond acceptors (Lipinski definition) is 5. The van der Waals surface area contributed by atoms with E-state index in [1.165, 1.54) is 0 Å². The third-order valence-electron chi connectivity index (χ3n) is 4.88. The van der Waals surface area contributed by atoms with E-state index in [0.717, 1.165) is 31.2 Å². The van der Waals surface area contributed by atoms with Crippen molar-refractivity contribution < 1.29 is 23.9 Å². The van der Waals surface area contributed by atoms with Crippen molar-refractivity contribution in [3.8, 4) is 23.3 Å². The number of amides is 3. The highest BCUT2D eigenvalue weighted by molar-refractivity contribution is 6.11. The quantitative estimate of drug-likeness (QED) is 0.353. The number of ether oxygens (including phenoxy) is 2. The summed E-state index contributed by atoms with van der Waals surface area (Å²) in [6.07, 6.45) is 3.27. The third kappa shape index (κ3) is 7.66. The van der Waals surface area contributed by atoms with E-state index < -0.39 is 11.5 Å². The smallest absolute Gasteiger partial charge is 0.407 e. The van der Waals surface area contributed by atoms with Crippen LogP contribution in [0.2, 0.25) is 0 Å². The lowest BCUT2D eigenvalue weighted by Gasteiger charge is -2.19. The molecule has 3 rings (SSSR count). The highest BCUT2D eigenvalue weighted by Crippen LogP contribution is 2.30. The summed E-state index contributed by atoms with van der Waals surface area (Å²) < 4.78 is 11.2. The third-order valence-corrected chi connectivity index (χ3v) is 4.88. The summed E-state index contributed by atoms with van der Waals surface area (Å²) in [5.74, 6) is 6.52. The van der Waals surface area contributed by atoms with Crippen LogP contribution in [0.25, 0.3) is 0 Å². The van der Waals surface area contributed by atoms with Crippen LogP contribution in [0.15, 0.2) is 42.5 Å². The Bertz CT molecular complexity index is 1120. The standard InChI is InChI=1S/C27H30N2O5/c1-27(2,3)34-26(32)28-16-8-6-4-5-7-11-19-12-9-14-21(17-19)33-22-15-10-13-20-18-23(30)29-25(31)24(20)22/h9-10,12-15,17H,4-6,8,16,18H2,1-3H3,(H,28,32)(H,29,30,31). The molecule has 1 aliphatic heterocycles. The molecule has 0 spiro atoms. The molecule has 2 aromatic carbocycles. The normalized spacial score (nSPS) is 12.7. The van der Waals surface area contributed by atoms with Crippen molar-refractivity contribution in [3.63, 3.8) is 0 Å². The second-order valence-electron chi connectivity index (χ2n) is 9.02. The van der Waals surface area contributed by atoms with E-state index in [9.17, 15) is 14.4 Å². The van der Waals surface area contributed by atoms with Gasteiger partial charge in [-0.15, -0.1) is 0 Å². The first-order valence-corrected chi connectivity index (χ1v) is 11.4. The molecular weight excluding hydrogens is 432 g/mol. The van der Waals surface area contributed by atoms with Crippen molar-refractivity contribution >= 4 is 17.9 Å². The fourth-order valence-electron chi connectivity index (χ4n) is 3.42. The molecule has 0 fully saturated rings. The first-order chi connectivity index (χ1) is 16.2. The number of nitrogens with one attached hydrogen (secondary N) is 2. The molecule has 0 bridgehead atoms. The molecule has 0 aromatic heterocycles. The van der Waals surface area contributed by atoms with Crippen LogP contribution in [0.1, 0.15) is 67.9 Å². The Morgan fingerprint density at radius 2 is 1.88 bits per heavy atom. The van der Waals surface area contributed by atoms with Crippen molar-refractivity contribution in [2.24, 2.45) is 0 Å². The average Bonchev–Trinajstić information content (AvgIpc) is 2.74. The molecule has 0 saturated carbocycles. The van der Waals surface area contributed by atoms with Gasteiger partial charge in [0.15, 0.2) is 0 Å². The van der Waals surface area contributed by atoms with E-state index in [1.54, 1.807) is 24.3 Å². The highest BCUT2D eigenvalue weighted by atomic mass is 16.6. The largest absolute Gasteiger partial charge is 0.456 e. The van der Waals surface area contributed by atoms with Crippen LogP contribution in [0.4, 0.5) is 4.79 Å². The monoisotopic (exact) mass is 462 g/mol. The number of fused-ring (bicyclic) bond motifs is 1. The average molecular weight is 463 g/mol. The van der Waals surface area contributed by atoms with Gasteiger partial charge in [0.25, 0.3) is 5.91 Å². The Hall–Kier alpha value is -3.79. The van der Waals surface area contributed by atoms with E-state index >= 15 is 0 Å². The molecule has 1 aliphatic rings. The Morgan fingerprint density at radius 3 is 2.68 bits per heavy atom. The zero-order valence-corrected chi connectivity index (χ0v) is 19.8. The molecule has 1 heterocycles. The van der Waals surface area contributed by atoms with Gasteiger partial charge in [0.2, 0.25) is 5.91 Å². The minimum atomic E-state index is -0.489. The lowest BCUT2D eigenvalue weighted by Crippen LogP contribution is -2.37. The maximum absolute atomic E-state index is 12.3. The first kappa shape index (κ1) is 24.8. The molecule has 0 unspecified atom stereocenters. The fourth-order valence-corrected chi connectivity index (χ4v) is 3.42. The fraction of sp³-hybridized carbons (Fsp3) is 0.370. The first-order valence-electron chi connectivity index (χ1n) is 11.4. The molecule has 7 heteroatoms. The maximum atomic E-state index is 12.3. The predicted molar refractivity (Wildman–Crippen MR) is 129 cm³/mol. The van der Waals surface area contributed by atoms with Crippen LogP contribution in [0, 0.1) is 11.8 Å². The molecule has 2 N–H and O–H groups in total. The highest BCUT2D eigenvalue weighted by Gasteiger charge is 2.26. The summed E-state index contributed by atoms with van der Waals surface area (Å²) in [6.45, 7) is 6.09. The van der Waals surface area contributed by atoms with Crippen LogP contribution in [-0.4, -0.2) is 30.1 Å². The van der Waals surface area contributed by atoms with Crippen molar-refractivity contribution in [2.75, 3.05) is 6.54 Å². The number of benzene rings is 2. The molecule has 0 radical (unpaired) electrons. The van der Waals surface area contributed by atoms with Gasteiger partial charge >= 0.3 is 6.09 Å². The van der Waals surface area contributed by atoms with Gasteiger partial charge in [0, 0.05) is 18.5 Å². The summed E-state index contributed by atoms with van der Waals surface area (Å²) in [5, 5.41) is 5.09. The second kappa shape index (κ2) is 11.4. The van der Waals surface area contributed by atoms with Crippen LogP contribution in [0.5, 0.6) is 11.5 Å². The Balaban J connectivity index is 1.47. The molecule has 178 valence electrons. The lowest BCUT2D eigenvalue weighted by molar-refractivity contribution is -0.119. The van der Waals surface area contributed by atoms with Crippen LogP contribution < -0.4 is 15.4 Å². The molecule has 2 aromatic rings. The molecule has 3 amide bonds. The topological polar surface area (TPSA) is 93.7 Å². The number of unbranched alkanes of at least 4 members (excludes halogenated alkanes) is 3. The van der Waals surface area contributed by atoms with Crippen molar-refractivity contribution in [1.82, 2.24) is 10.6 Å². The van der Waals surface area contributed by atoms with Gasteiger partial charge in [-0.1, -0.05) is 36.5 Å². The Labute approximate surface area is 200 Å². The van der Waals surface area contributed by atoms with E-state index in [4.69, 9.17) is 9.47 Å². The summed E-state index contributed by atoms with van der Waals surface area (Å²) in [7, 11) is 0. The summed E-state index contributed by atoms with van der Waals surface area (Å²) in [6, 6.07) is 12.6. The Morgan fingerprint density at radius 1 is 1.09 bits per heavy atom. The maximum Gasteiger partial charge on any atom is 0.407 e. The van der Waals surface area contributed by atoms with E-state index in [1.807, 2.05) is 39.0 Å². The van der Waals surface area contributed by atoms with Gasteiger partial charge in [-0.05, 0) is 63.4 Å². The van der Waals surface area contributed by atoms with Gasteiger partial charge in [-0.25, -0.2) is 4.79 Å². The predicted octanol–water partition coefficient (Wildman–Crippen LogP) is 4.73. The van der Waals surface area contributed by atoms with E-state index in [-0.39, 0.29) is 18.4 Å². The second-order valence-corrected chi connectivity index (χ2v) is 9.02. The lowest BCUT2D eigenvalue weighted by atomic mass is 9.99. The van der Waals surface area contributed by atoms with Crippen LogP contribution in [0.3, 0.4) is 0 Å².